The smallest absolute Gasteiger partial charge is 0.0264 e. The molecule has 2 heteroatoms. The number of rotatable bonds is 7. The molecule has 0 aromatic carbocycles. The lowest BCUT2D eigenvalue weighted by atomic mass is 9.69. The third-order valence-electron chi connectivity index (χ3n) is 4.38. The van der Waals surface area contributed by atoms with Crippen LogP contribution in [0.5, 0.6) is 0 Å². The van der Waals surface area contributed by atoms with Gasteiger partial charge in [0.25, 0.3) is 0 Å². The van der Waals surface area contributed by atoms with E-state index in [2.05, 4.69) is 19.3 Å². The first-order chi connectivity index (χ1) is 7.73. The van der Waals surface area contributed by atoms with Crippen LogP contribution in [0.4, 0.5) is 0 Å². The molecule has 0 aliphatic heterocycles. The Bertz CT molecular complexity index is 174. The van der Waals surface area contributed by atoms with E-state index >= 15 is 0 Å². The van der Waals surface area contributed by atoms with Gasteiger partial charge >= 0.3 is 0 Å². The fourth-order valence-corrected chi connectivity index (χ4v) is 3.12. The molecule has 0 amide bonds. The van der Waals surface area contributed by atoms with Crippen molar-refractivity contribution in [3.05, 3.63) is 0 Å². The van der Waals surface area contributed by atoms with Crippen molar-refractivity contribution in [2.24, 2.45) is 11.3 Å². The number of unbranched alkanes of at least 4 members (excludes halogenated alkanes) is 3. The van der Waals surface area contributed by atoms with Gasteiger partial charge in [0.2, 0.25) is 0 Å². The molecule has 1 aliphatic carbocycles. The third kappa shape index (κ3) is 4.06. The summed E-state index contributed by atoms with van der Waals surface area (Å²) in [4.78, 5) is 0. The van der Waals surface area contributed by atoms with Gasteiger partial charge in [-0.2, -0.15) is 0 Å². The first-order valence-electron chi connectivity index (χ1n) is 7.19. The molecule has 1 rings (SSSR count). The molecule has 1 saturated carbocycles. The normalized spacial score (nSPS) is 21.9. The van der Waals surface area contributed by atoms with Crippen LogP contribution in [0.2, 0.25) is 0 Å². The molecular weight excluding hydrogens is 196 g/mol. The zero-order chi connectivity index (χ0) is 11.9. The predicted octanol–water partition coefficient (Wildman–Crippen LogP) is 3.76. The summed E-state index contributed by atoms with van der Waals surface area (Å²) < 4.78 is 0. The van der Waals surface area contributed by atoms with Gasteiger partial charge in [-0.1, -0.05) is 58.8 Å². The molecule has 1 atom stereocenters. The maximum atomic E-state index is 5.75. The number of hydrazine groups is 1. The minimum atomic E-state index is 0.458. The van der Waals surface area contributed by atoms with Crippen molar-refractivity contribution < 1.29 is 0 Å². The van der Waals surface area contributed by atoms with Crippen molar-refractivity contribution in [3.8, 4) is 0 Å². The molecule has 1 unspecified atom stereocenters. The first-order valence-corrected chi connectivity index (χ1v) is 7.19. The second-order valence-electron chi connectivity index (χ2n) is 5.78. The maximum absolute atomic E-state index is 5.75. The van der Waals surface area contributed by atoms with Crippen LogP contribution in [-0.4, -0.2) is 6.04 Å². The highest BCUT2D eigenvalue weighted by Gasteiger charge is 2.34. The van der Waals surface area contributed by atoms with Gasteiger partial charge in [0.1, 0.15) is 0 Å². The Morgan fingerprint density at radius 2 is 1.81 bits per heavy atom. The molecular formula is C14H30N2. The second-order valence-corrected chi connectivity index (χ2v) is 5.78. The summed E-state index contributed by atoms with van der Waals surface area (Å²) in [7, 11) is 0. The van der Waals surface area contributed by atoms with E-state index in [0.717, 1.165) is 0 Å². The lowest BCUT2D eigenvalue weighted by molar-refractivity contribution is 0.136. The number of nitrogens with one attached hydrogen (secondary N) is 1. The largest absolute Gasteiger partial charge is 0.271 e. The van der Waals surface area contributed by atoms with E-state index in [-0.39, 0.29) is 0 Å². The summed E-state index contributed by atoms with van der Waals surface area (Å²) in [5.41, 5.74) is 3.55. The first kappa shape index (κ1) is 14.0. The monoisotopic (exact) mass is 226 g/mol. The summed E-state index contributed by atoms with van der Waals surface area (Å²) >= 11 is 0. The molecule has 0 radical (unpaired) electrons. The van der Waals surface area contributed by atoms with Gasteiger partial charge in [-0.15, -0.1) is 0 Å². The van der Waals surface area contributed by atoms with Crippen LogP contribution >= 0.6 is 0 Å². The van der Waals surface area contributed by atoms with Crippen LogP contribution < -0.4 is 11.3 Å². The molecule has 96 valence electrons. The topological polar surface area (TPSA) is 38.0 Å². The minimum absolute atomic E-state index is 0.458. The fourth-order valence-electron chi connectivity index (χ4n) is 3.12. The zero-order valence-electron chi connectivity index (χ0n) is 11.2. The quantitative estimate of drug-likeness (QED) is 0.394. The summed E-state index contributed by atoms with van der Waals surface area (Å²) in [6.07, 6.45) is 13.6. The fraction of sp³-hybridized carbons (Fsp3) is 1.00. The highest BCUT2D eigenvalue weighted by atomic mass is 15.2. The molecule has 0 aromatic rings. The Labute approximate surface area is 101 Å². The van der Waals surface area contributed by atoms with Crippen molar-refractivity contribution in [1.29, 1.82) is 0 Å². The SMILES string of the molecule is CCCCCCC(NN)C1(C)CCCCC1. The van der Waals surface area contributed by atoms with E-state index in [9.17, 15) is 0 Å². The van der Waals surface area contributed by atoms with Crippen LogP contribution in [-0.2, 0) is 0 Å². The standard InChI is InChI=1S/C14H30N2/c1-3-4-5-7-10-13(16-15)14(2)11-8-6-9-12-14/h13,16H,3-12,15H2,1-2H3. The van der Waals surface area contributed by atoms with Gasteiger partial charge < -0.3 is 0 Å². The molecule has 1 aliphatic rings. The highest BCUT2D eigenvalue weighted by Crippen LogP contribution is 2.40. The summed E-state index contributed by atoms with van der Waals surface area (Å²) in [6, 6.07) is 0.532. The number of hydrogen-bond donors (Lipinski definition) is 2. The van der Waals surface area contributed by atoms with E-state index in [1.165, 1.54) is 64.2 Å². The van der Waals surface area contributed by atoms with Gasteiger partial charge in [-0.3, -0.25) is 11.3 Å². The van der Waals surface area contributed by atoms with Crippen molar-refractivity contribution in [2.45, 2.75) is 84.1 Å². The van der Waals surface area contributed by atoms with Gasteiger partial charge in [0, 0.05) is 6.04 Å². The van der Waals surface area contributed by atoms with Crippen molar-refractivity contribution >= 4 is 0 Å². The van der Waals surface area contributed by atoms with Gasteiger partial charge in [0.15, 0.2) is 0 Å². The molecule has 0 aromatic heterocycles. The van der Waals surface area contributed by atoms with E-state index < -0.39 is 0 Å². The van der Waals surface area contributed by atoms with Crippen molar-refractivity contribution in [1.82, 2.24) is 5.43 Å². The van der Waals surface area contributed by atoms with Crippen molar-refractivity contribution in [3.63, 3.8) is 0 Å². The zero-order valence-corrected chi connectivity index (χ0v) is 11.2. The Morgan fingerprint density at radius 3 is 2.38 bits per heavy atom. The Hall–Kier alpha value is -0.0800. The summed E-state index contributed by atoms with van der Waals surface area (Å²) in [5.74, 6) is 5.75. The van der Waals surface area contributed by atoms with Gasteiger partial charge in [-0.05, 0) is 24.7 Å². The van der Waals surface area contributed by atoms with Crippen LogP contribution in [0.25, 0.3) is 0 Å². The lowest BCUT2D eigenvalue weighted by Gasteiger charge is -2.40. The summed E-state index contributed by atoms with van der Waals surface area (Å²) in [5, 5.41) is 0. The molecule has 1 fully saturated rings. The van der Waals surface area contributed by atoms with Crippen LogP contribution in [0, 0.1) is 5.41 Å². The van der Waals surface area contributed by atoms with Gasteiger partial charge in [0.05, 0.1) is 0 Å². The van der Waals surface area contributed by atoms with Crippen LogP contribution in [0.1, 0.15) is 78.1 Å². The highest BCUT2D eigenvalue weighted by molar-refractivity contribution is 4.88. The third-order valence-corrected chi connectivity index (χ3v) is 4.38. The van der Waals surface area contributed by atoms with E-state index in [1.54, 1.807) is 0 Å². The van der Waals surface area contributed by atoms with E-state index in [0.29, 0.717) is 11.5 Å². The predicted molar refractivity (Wildman–Crippen MR) is 71.1 cm³/mol. The second kappa shape index (κ2) is 7.29. The van der Waals surface area contributed by atoms with Crippen molar-refractivity contribution in [2.75, 3.05) is 0 Å². The maximum Gasteiger partial charge on any atom is 0.0264 e. The molecule has 0 saturated heterocycles. The molecule has 0 spiro atoms. The summed E-state index contributed by atoms with van der Waals surface area (Å²) in [6.45, 7) is 4.69. The minimum Gasteiger partial charge on any atom is -0.271 e. The Morgan fingerprint density at radius 1 is 1.12 bits per heavy atom. The molecule has 3 N–H and O–H groups in total. The van der Waals surface area contributed by atoms with E-state index in [1.807, 2.05) is 0 Å². The molecule has 0 bridgehead atoms. The average molecular weight is 226 g/mol. The molecule has 2 nitrogen and oxygen atoms in total. The Kier molecular flexibility index (Phi) is 6.37. The number of nitrogens with two attached hydrogens (primary N) is 1. The number of hydrogen-bond acceptors (Lipinski definition) is 2. The van der Waals surface area contributed by atoms with Crippen LogP contribution in [0.15, 0.2) is 0 Å². The molecule has 16 heavy (non-hydrogen) atoms. The lowest BCUT2D eigenvalue weighted by Crippen LogP contribution is -2.47. The van der Waals surface area contributed by atoms with Crippen LogP contribution in [0.3, 0.4) is 0 Å². The van der Waals surface area contributed by atoms with Gasteiger partial charge in [-0.25, -0.2) is 0 Å². The Balaban J connectivity index is 2.33. The van der Waals surface area contributed by atoms with E-state index in [4.69, 9.17) is 5.84 Å². The molecule has 0 heterocycles. The average Bonchev–Trinajstić information content (AvgIpc) is 2.30.